The van der Waals surface area contributed by atoms with Gasteiger partial charge in [-0.05, 0) is 29.7 Å². The minimum absolute atomic E-state index is 0. The highest BCUT2D eigenvalue weighted by Gasteiger charge is 2.23. The van der Waals surface area contributed by atoms with E-state index in [4.69, 9.17) is 9.47 Å². The summed E-state index contributed by atoms with van der Waals surface area (Å²) < 4.78 is 11.7. The molecule has 2 aromatic rings. The van der Waals surface area contributed by atoms with Gasteiger partial charge >= 0.3 is 0 Å². The molecule has 1 aliphatic heterocycles. The number of nitrogens with zero attached hydrogens (tertiary/aromatic N) is 1. The Morgan fingerprint density at radius 3 is 2.37 bits per heavy atom. The van der Waals surface area contributed by atoms with Crippen LogP contribution in [0.2, 0.25) is 0 Å². The normalized spacial score (nSPS) is 14.9. The molecule has 30 heavy (non-hydrogen) atoms. The van der Waals surface area contributed by atoms with Gasteiger partial charge in [0.05, 0.1) is 7.11 Å². The summed E-state index contributed by atoms with van der Waals surface area (Å²) >= 11 is 0. The van der Waals surface area contributed by atoms with Crippen LogP contribution in [0.15, 0.2) is 48.5 Å². The predicted molar refractivity (Wildman–Crippen MR) is 130 cm³/mol. The van der Waals surface area contributed by atoms with Gasteiger partial charge in [0.15, 0.2) is 11.5 Å². The van der Waals surface area contributed by atoms with Gasteiger partial charge in [-0.2, -0.15) is 0 Å². The van der Waals surface area contributed by atoms with Gasteiger partial charge in [-0.15, -0.1) is 24.8 Å². The third kappa shape index (κ3) is 7.66. The predicted octanol–water partition coefficient (Wildman–Crippen LogP) is 5.64. The van der Waals surface area contributed by atoms with E-state index in [-0.39, 0.29) is 24.8 Å². The molecule has 0 saturated carbocycles. The van der Waals surface area contributed by atoms with E-state index in [0.29, 0.717) is 12.6 Å². The molecule has 1 fully saturated rings. The second-order valence-corrected chi connectivity index (χ2v) is 7.48. The van der Waals surface area contributed by atoms with E-state index in [2.05, 4.69) is 47.5 Å². The molecule has 0 amide bonds. The summed E-state index contributed by atoms with van der Waals surface area (Å²) in [6.07, 6.45) is 4.99. The average Bonchev–Trinajstić information content (AvgIpc) is 2.76. The van der Waals surface area contributed by atoms with E-state index in [1.54, 1.807) is 7.11 Å². The Bertz CT molecular complexity index is 710. The summed E-state index contributed by atoms with van der Waals surface area (Å²) in [5.41, 5.74) is 2.50. The highest BCUT2D eigenvalue weighted by atomic mass is 35.5. The van der Waals surface area contributed by atoms with Gasteiger partial charge in [-0.1, -0.05) is 62.6 Å². The van der Waals surface area contributed by atoms with Gasteiger partial charge in [-0.3, -0.25) is 4.90 Å². The number of unbranched alkanes of at least 4 members (excludes halogenated alkanes) is 2. The van der Waals surface area contributed by atoms with Gasteiger partial charge in [0.2, 0.25) is 0 Å². The number of hydrogen-bond donors (Lipinski definition) is 1. The van der Waals surface area contributed by atoms with Crippen molar-refractivity contribution < 1.29 is 9.47 Å². The van der Waals surface area contributed by atoms with Gasteiger partial charge in [0.1, 0.15) is 6.61 Å². The Morgan fingerprint density at radius 1 is 0.967 bits per heavy atom. The topological polar surface area (TPSA) is 33.7 Å². The monoisotopic (exact) mass is 454 g/mol. The second-order valence-electron chi connectivity index (χ2n) is 7.48. The number of piperazine rings is 1. The highest BCUT2D eigenvalue weighted by molar-refractivity contribution is 5.85. The molecule has 1 atom stereocenters. The van der Waals surface area contributed by atoms with E-state index >= 15 is 0 Å². The smallest absolute Gasteiger partial charge is 0.161 e. The fraction of sp³-hybridized carbons (Fsp3) is 0.500. The third-order valence-corrected chi connectivity index (χ3v) is 5.48. The molecule has 0 aromatic heterocycles. The van der Waals surface area contributed by atoms with Gasteiger partial charge in [0.25, 0.3) is 0 Å². The summed E-state index contributed by atoms with van der Waals surface area (Å²) in [5.74, 6) is 1.63. The Kier molecular flexibility index (Phi) is 12.9. The van der Waals surface area contributed by atoms with Gasteiger partial charge in [0, 0.05) is 32.2 Å². The maximum atomic E-state index is 6.16. The van der Waals surface area contributed by atoms with Crippen LogP contribution < -0.4 is 14.8 Å². The van der Waals surface area contributed by atoms with E-state index in [9.17, 15) is 0 Å². The van der Waals surface area contributed by atoms with Gasteiger partial charge in [-0.25, -0.2) is 0 Å². The van der Waals surface area contributed by atoms with Crippen molar-refractivity contribution in [1.29, 1.82) is 0 Å². The van der Waals surface area contributed by atoms with Crippen LogP contribution in [-0.2, 0) is 6.61 Å². The van der Waals surface area contributed by atoms with Crippen molar-refractivity contribution in [3.05, 3.63) is 59.7 Å². The molecule has 0 spiro atoms. The fourth-order valence-electron chi connectivity index (χ4n) is 3.89. The Labute approximate surface area is 194 Å². The second kappa shape index (κ2) is 14.5. The first-order chi connectivity index (χ1) is 13.8. The number of rotatable bonds is 10. The van der Waals surface area contributed by atoms with Crippen LogP contribution in [-0.4, -0.2) is 38.2 Å². The number of halogens is 2. The SMILES string of the molecule is CCCCC[C@H](c1ccc(OC)c(OCc2ccccc2)c1)N1CCNCC1.Cl.Cl. The van der Waals surface area contributed by atoms with Crippen molar-refractivity contribution in [2.24, 2.45) is 0 Å². The molecule has 1 N–H and O–H groups in total. The summed E-state index contributed by atoms with van der Waals surface area (Å²) in [7, 11) is 1.71. The molecule has 168 valence electrons. The van der Waals surface area contributed by atoms with Crippen LogP contribution in [0.4, 0.5) is 0 Å². The summed E-state index contributed by atoms with van der Waals surface area (Å²) in [5, 5.41) is 3.47. The molecule has 1 saturated heterocycles. The molecule has 2 aromatic carbocycles. The Hall–Kier alpha value is -1.46. The number of methoxy groups -OCH3 is 1. The molecule has 0 unspecified atom stereocenters. The average molecular weight is 455 g/mol. The van der Waals surface area contributed by atoms with Crippen LogP contribution in [0.3, 0.4) is 0 Å². The third-order valence-electron chi connectivity index (χ3n) is 5.48. The molecule has 4 nitrogen and oxygen atoms in total. The van der Waals surface area contributed by atoms with E-state index in [0.717, 1.165) is 43.2 Å². The van der Waals surface area contributed by atoms with Crippen molar-refractivity contribution in [1.82, 2.24) is 10.2 Å². The first-order valence-electron chi connectivity index (χ1n) is 10.6. The Balaban J connectivity index is 0.00000225. The zero-order chi connectivity index (χ0) is 19.6. The quantitative estimate of drug-likeness (QED) is 0.470. The summed E-state index contributed by atoms with van der Waals surface area (Å²) in [6, 6.07) is 17.2. The van der Waals surface area contributed by atoms with Gasteiger partial charge < -0.3 is 14.8 Å². The molecular weight excluding hydrogens is 419 g/mol. The lowest BCUT2D eigenvalue weighted by Crippen LogP contribution is -2.45. The van der Waals surface area contributed by atoms with Crippen LogP contribution in [0.1, 0.15) is 49.8 Å². The molecule has 0 aliphatic carbocycles. The molecule has 3 rings (SSSR count). The van der Waals surface area contributed by atoms with Crippen molar-refractivity contribution in [2.45, 2.75) is 45.3 Å². The van der Waals surface area contributed by atoms with E-state index < -0.39 is 0 Å². The zero-order valence-electron chi connectivity index (χ0n) is 18.1. The van der Waals surface area contributed by atoms with Crippen molar-refractivity contribution in [2.75, 3.05) is 33.3 Å². The minimum Gasteiger partial charge on any atom is -0.493 e. The maximum Gasteiger partial charge on any atom is 0.161 e. The van der Waals surface area contributed by atoms with E-state index in [1.807, 2.05) is 18.2 Å². The zero-order valence-corrected chi connectivity index (χ0v) is 19.8. The molecule has 6 heteroatoms. The highest BCUT2D eigenvalue weighted by Crippen LogP contribution is 2.35. The lowest BCUT2D eigenvalue weighted by Gasteiger charge is -2.35. The van der Waals surface area contributed by atoms with Crippen LogP contribution >= 0.6 is 24.8 Å². The molecule has 1 heterocycles. The number of hydrogen-bond acceptors (Lipinski definition) is 4. The van der Waals surface area contributed by atoms with Crippen LogP contribution in [0, 0.1) is 0 Å². The molecule has 0 bridgehead atoms. The number of nitrogens with one attached hydrogen (secondary N) is 1. The van der Waals surface area contributed by atoms with Crippen molar-refractivity contribution in [3.8, 4) is 11.5 Å². The molecule has 1 aliphatic rings. The largest absolute Gasteiger partial charge is 0.493 e. The first-order valence-corrected chi connectivity index (χ1v) is 10.6. The summed E-state index contributed by atoms with van der Waals surface area (Å²) in [6.45, 7) is 7.15. The maximum absolute atomic E-state index is 6.16. The fourth-order valence-corrected chi connectivity index (χ4v) is 3.89. The lowest BCUT2D eigenvalue weighted by atomic mass is 9.97. The minimum atomic E-state index is 0. The Morgan fingerprint density at radius 2 is 1.70 bits per heavy atom. The molecule has 0 radical (unpaired) electrons. The number of benzene rings is 2. The number of ether oxygens (including phenoxy) is 2. The summed E-state index contributed by atoms with van der Waals surface area (Å²) in [4.78, 5) is 2.62. The standard InChI is InChI=1S/C24H34N2O2.2ClH/c1-3-4-6-11-22(26-16-14-25-15-17-26)21-12-13-23(27-2)24(18-21)28-19-20-9-7-5-8-10-20;;/h5,7-10,12-13,18,22,25H,3-4,6,11,14-17,19H2,1-2H3;2*1H/t22-;;/m1../s1. The first kappa shape index (κ1) is 26.6. The van der Waals surface area contributed by atoms with Crippen LogP contribution in [0.25, 0.3) is 0 Å². The van der Waals surface area contributed by atoms with E-state index in [1.165, 1.54) is 31.2 Å². The van der Waals surface area contributed by atoms with Crippen LogP contribution in [0.5, 0.6) is 11.5 Å². The van der Waals surface area contributed by atoms with Crippen molar-refractivity contribution >= 4 is 24.8 Å². The lowest BCUT2D eigenvalue weighted by molar-refractivity contribution is 0.162. The van der Waals surface area contributed by atoms with Crippen molar-refractivity contribution in [3.63, 3.8) is 0 Å². The molecular formula is C24H36Cl2N2O2.